The Morgan fingerprint density at radius 3 is 2.94 bits per heavy atom. The molecule has 1 rings (SSSR count). The SMILES string of the molecule is CCOc1cc(SCCC(=O)O)ccc1Cl. The summed E-state index contributed by atoms with van der Waals surface area (Å²) in [5.41, 5.74) is 0. The van der Waals surface area contributed by atoms with Gasteiger partial charge in [0.25, 0.3) is 0 Å². The highest BCUT2D eigenvalue weighted by Gasteiger charge is 2.04. The van der Waals surface area contributed by atoms with Crippen LogP contribution in [0.4, 0.5) is 0 Å². The summed E-state index contributed by atoms with van der Waals surface area (Å²) in [6.07, 6.45) is 0.150. The fourth-order valence-corrected chi connectivity index (χ4v) is 2.13. The smallest absolute Gasteiger partial charge is 0.304 e. The molecule has 0 spiro atoms. The van der Waals surface area contributed by atoms with E-state index < -0.39 is 5.97 Å². The van der Waals surface area contributed by atoms with Crippen molar-refractivity contribution in [1.29, 1.82) is 0 Å². The van der Waals surface area contributed by atoms with Gasteiger partial charge in [-0.3, -0.25) is 4.79 Å². The second-order valence-electron chi connectivity index (χ2n) is 3.02. The van der Waals surface area contributed by atoms with Crippen LogP contribution in [0.2, 0.25) is 5.02 Å². The molecule has 0 saturated heterocycles. The maximum atomic E-state index is 10.4. The number of aliphatic carboxylic acids is 1. The van der Waals surface area contributed by atoms with E-state index in [0.29, 0.717) is 23.1 Å². The molecular weight excluding hydrogens is 248 g/mol. The molecule has 0 unspecified atom stereocenters. The molecule has 0 radical (unpaired) electrons. The highest BCUT2D eigenvalue weighted by atomic mass is 35.5. The molecule has 0 aliphatic carbocycles. The minimum atomic E-state index is -0.786. The number of hydrogen-bond donors (Lipinski definition) is 1. The van der Waals surface area contributed by atoms with Crippen molar-refractivity contribution in [3.8, 4) is 5.75 Å². The van der Waals surface area contributed by atoms with Crippen LogP contribution in [0.25, 0.3) is 0 Å². The van der Waals surface area contributed by atoms with E-state index in [1.165, 1.54) is 11.8 Å². The van der Waals surface area contributed by atoms with Gasteiger partial charge in [0.2, 0.25) is 0 Å². The molecule has 88 valence electrons. The first-order chi connectivity index (χ1) is 7.63. The molecule has 1 aromatic rings. The van der Waals surface area contributed by atoms with Crippen LogP contribution in [0, 0.1) is 0 Å². The van der Waals surface area contributed by atoms with E-state index >= 15 is 0 Å². The third-order valence-electron chi connectivity index (χ3n) is 1.79. The van der Waals surface area contributed by atoms with Crippen LogP contribution in [0.5, 0.6) is 5.75 Å². The van der Waals surface area contributed by atoms with Crippen LogP contribution in [0.15, 0.2) is 23.1 Å². The summed E-state index contributed by atoms with van der Waals surface area (Å²) >= 11 is 7.41. The van der Waals surface area contributed by atoms with Gasteiger partial charge in [-0.25, -0.2) is 0 Å². The first-order valence-electron chi connectivity index (χ1n) is 4.90. The van der Waals surface area contributed by atoms with Gasteiger partial charge < -0.3 is 9.84 Å². The zero-order chi connectivity index (χ0) is 12.0. The van der Waals surface area contributed by atoms with Gasteiger partial charge in [-0.15, -0.1) is 11.8 Å². The molecule has 0 heterocycles. The second kappa shape index (κ2) is 6.66. The van der Waals surface area contributed by atoms with Crippen LogP contribution < -0.4 is 4.74 Å². The zero-order valence-corrected chi connectivity index (χ0v) is 10.5. The van der Waals surface area contributed by atoms with E-state index in [1.54, 1.807) is 6.07 Å². The molecule has 1 aromatic carbocycles. The highest BCUT2D eigenvalue weighted by Crippen LogP contribution is 2.30. The van der Waals surface area contributed by atoms with Crippen molar-refractivity contribution in [3.05, 3.63) is 23.2 Å². The average molecular weight is 261 g/mol. The van der Waals surface area contributed by atoms with Crippen molar-refractivity contribution < 1.29 is 14.6 Å². The van der Waals surface area contributed by atoms with Crippen LogP contribution >= 0.6 is 23.4 Å². The molecule has 5 heteroatoms. The summed E-state index contributed by atoms with van der Waals surface area (Å²) < 4.78 is 5.34. The van der Waals surface area contributed by atoms with Crippen molar-refractivity contribution in [1.82, 2.24) is 0 Å². The second-order valence-corrected chi connectivity index (χ2v) is 4.59. The number of ether oxygens (including phenoxy) is 1. The van der Waals surface area contributed by atoms with Crippen molar-refractivity contribution in [3.63, 3.8) is 0 Å². The van der Waals surface area contributed by atoms with Gasteiger partial charge in [-0.1, -0.05) is 11.6 Å². The lowest BCUT2D eigenvalue weighted by molar-refractivity contribution is -0.136. The van der Waals surface area contributed by atoms with Gasteiger partial charge in [0.1, 0.15) is 5.75 Å². The molecule has 0 amide bonds. The summed E-state index contributed by atoms with van der Waals surface area (Å²) in [7, 11) is 0. The van der Waals surface area contributed by atoms with E-state index in [9.17, 15) is 4.79 Å². The van der Waals surface area contributed by atoms with Gasteiger partial charge >= 0.3 is 5.97 Å². The maximum Gasteiger partial charge on any atom is 0.304 e. The molecule has 16 heavy (non-hydrogen) atoms. The number of carboxylic acids is 1. The third-order valence-corrected chi connectivity index (χ3v) is 3.09. The summed E-state index contributed by atoms with van der Waals surface area (Å²) in [4.78, 5) is 11.3. The van der Waals surface area contributed by atoms with Gasteiger partial charge in [0, 0.05) is 10.6 Å². The van der Waals surface area contributed by atoms with Crippen LogP contribution in [-0.4, -0.2) is 23.4 Å². The van der Waals surface area contributed by atoms with Crippen molar-refractivity contribution in [2.75, 3.05) is 12.4 Å². The lowest BCUT2D eigenvalue weighted by atomic mass is 10.3. The number of benzene rings is 1. The van der Waals surface area contributed by atoms with Gasteiger partial charge in [0.05, 0.1) is 18.1 Å². The largest absolute Gasteiger partial charge is 0.492 e. The lowest BCUT2D eigenvalue weighted by Crippen LogP contribution is -1.96. The predicted octanol–water partition coefficient (Wildman–Crippen LogP) is 3.31. The molecule has 0 aliphatic rings. The molecule has 1 N–H and O–H groups in total. The van der Waals surface area contributed by atoms with E-state index in [4.69, 9.17) is 21.4 Å². The number of hydrogen-bond acceptors (Lipinski definition) is 3. The zero-order valence-electron chi connectivity index (χ0n) is 8.90. The van der Waals surface area contributed by atoms with Gasteiger partial charge in [-0.05, 0) is 25.1 Å². The Morgan fingerprint density at radius 2 is 2.31 bits per heavy atom. The molecule has 3 nitrogen and oxygen atoms in total. The fourth-order valence-electron chi connectivity index (χ4n) is 1.10. The normalized spacial score (nSPS) is 10.1. The number of thioether (sulfide) groups is 1. The third kappa shape index (κ3) is 4.33. The standard InChI is InChI=1S/C11H13ClO3S/c1-2-15-10-7-8(3-4-9(10)12)16-6-5-11(13)14/h3-4,7H,2,5-6H2,1H3,(H,13,14). The van der Waals surface area contributed by atoms with Crippen LogP contribution in [-0.2, 0) is 4.79 Å². The maximum absolute atomic E-state index is 10.4. The number of carboxylic acid groups (broad SMARTS) is 1. The van der Waals surface area contributed by atoms with E-state index in [2.05, 4.69) is 0 Å². The fraction of sp³-hybridized carbons (Fsp3) is 0.364. The first-order valence-corrected chi connectivity index (χ1v) is 6.26. The lowest BCUT2D eigenvalue weighted by Gasteiger charge is -2.07. The topological polar surface area (TPSA) is 46.5 Å². The summed E-state index contributed by atoms with van der Waals surface area (Å²) in [6, 6.07) is 5.45. The van der Waals surface area contributed by atoms with Crippen molar-refractivity contribution in [2.24, 2.45) is 0 Å². The van der Waals surface area contributed by atoms with E-state index in [-0.39, 0.29) is 6.42 Å². The minimum Gasteiger partial charge on any atom is -0.492 e. The number of rotatable bonds is 6. The monoisotopic (exact) mass is 260 g/mol. The average Bonchev–Trinajstić information content (AvgIpc) is 2.22. The summed E-state index contributed by atoms with van der Waals surface area (Å²) in [5, 5.41) is 9.09. The first kappa shape index (κ1) is 13.2. The van der Waals surface area contributed by atoms with E-state index in [0.717, 1.165) is 4.90 Å². The quantitative estimate of drug-likeness (QED) is 0.797. The molecule has 0 bridgehead atoms. The molecule has 0 aromatic heterocycles. The Kier molecular flexibility index (Phi) is 5.49. The molecule has 0 atom stereocenters. The van der Waals surface area contributed by atoms with Gasteiger partial charge in [-0.2, -0.15) is 0 Å². The molecular formula is C11H13ClO3S. The van der Waals surface area contributed by atoms with E-state index in [1.807, 2.05) is 19.1 Å². The molecule has 0 fully saturated rings. The molecule has 0 aliphatic heterocycles. The Hall–Kier alpha value is -0.870. The van der Waals surface area contributed by atoms with Crippen LogP contribution in [0.3, 0.4) is 0 Å². The summed E-state index contributed by atoms with van der Waals surface area (Å²) in [6.45, 7) is 2.45. The Balaban J connectivity index is 2.60. The predicted molar refractivity (Wildman–Crippen MR) is 65.6 cm³/mol. The number of halogens is 1. The van der Waals surface area contributed by atoms with Crippen LogP contribution in [0.1, 0.15) is 13.3 Å². The van der Waals surface area contributed by atoms with Crippen molar-refractivity contribution >= 4 is 29.3 Å². The Labute approximate surface area is 104 Å². The van der Waals surface area contributed by atoms with Gasteiger partial charge in [0.15, 0.2) is 0 Å². The minimum absolute atomic E-state index is 0.150. The highest BCUT2D eigenvalue weighted by molar-refractivity contribution is 7.99. The van der Waals surface area contributed by atoms with Crippen molar-refractivity contribution in [2.45, 2.75) is 18.2 Å². The number of carbonyl (C=O) groups is 1. The Bertz CT molecular complexity index is 368. The Morgan fingerprint density at radius 1 is 1.56 bits per heavy atom. The summed E-state index contributed by atoms with van der Waals surface area (Å²) in [5.74, 6) is 0.402. The molecule has 0 saturated carbocycles.